The van der Waals surface area contributed by atoms with Gasteiger partial charge in [-0.25, -0.2) is 4.98 Å². The van der Waals surface area contributed by atoms with Gasteiger partial charge in [-0.1, -0.05) is 78.3 Å². The van der Waals surface area contributed by atoms with Crippen LogP contribution in [0.2, 0.25) is 5.15 Å². The fourth-order valence-electron chi connectivity index (χ4n) is 3.01. The number of para-hydroxylation sites is 2. The van der Waals surface area contributed by atoms with E-state index in [1.807, 2.05) is 72.8 Å². The van der Waals surface area contributed by atoms with Crippen molar-refractivity contribution in [1.82, 2.24) is 4.98 Å². The minimum atomic E-state index is -0.0535. The predicted molar refractivity (Wildman–Crippen MR) is 117 cm³/mol. The topological polar surface area (TPSA) is 39.2 Å². The lowest BCUT2D eigenvalue weighted by Gasteiger charge is -2.11. The summed E-state index contributed by atoms with van der Waals surface area (Å²) in [5, 5.41) is 1.44. The van der Waals surface area contributed by atoms with Crippen LogP contribution in [0.4, 0.5) is 0 Å². The monoisotopic (exact) mass is 399 g/mol. The molecule has 4 aromatic rings. The van der Waals surface area contributed by atoms with E-state index in [-0.39, 0.29) is 12.4 Å². The first-order chi connectivity index (χ1) is 14.2. The number of ketones is 1. The van der Waals surface area contributed by atoms with Gasteiger partial charge in [-0.2, -0.15) is 0 Å². The SMILES string of the molecule is O=C(C=Cc1ccccc1OCc1cc2ccccc2nc1Cl)c1ccccc1. The van der Waals surface area contributed by atoms with Gasteiger partial charge < -0.3 is 4.74 Å². The Kier molecular flexibility index (Phi) is 5.68. The molecular formula is C25H18ClNO2. The van der Waals surface area contributed by atoms with Gasteiger partial charge in [0.25, 0.3) is 0 Å². The summed E-state index contributed by atoms with van der Waals surface area (Å²) in [6.07, 6.45) is 3.33. The number of allylic oxidation sites excluding steroid dienone is 1. The lowest BCUT2D eigenvalue weighted by atomic mass is 10.1. The van der Waals surface area contributed by atoms with Crippen LogP contribution in [0.3, 0.4) is 0 Å². The maximum Gasteiger partial charge on any atom is 0.185 e. The number of rotatable bonds is 6. The van der Waals surface area contributed by atoms with E-state index in [1.165, 1.54) is 0 Å². The highest BCUT2D eigenvalue weighted by Gasteiger charge is 2.08. The third-order valence-corrected chi connectivity index (χ3v) is 4.85. The minimum Gasteiger partial charge on any atom is -0.488 e. The highest BCUT2D eigenvalue weighted by Crippen LogP contribution is 2.25. The van der Waals surface area contributed by atoms with Crippen LogP contribution in [-0.4, -0.2) is 10.8 Å². The summed E-state index contributed by atoms with van der Waals surface area (Å²) in [6.45, 7) is 0.286. The van der Waals surface area contributed by atoms with Crippen LogP contribution in [0.1, 0.15) is 21.5 Å². The Bertz CT molecular complexity index is 1190. The van der Waals surface area contributed by atoms with Gasteiger partial charge >= 0.3 is 0 Å². The second kappa shape index (κ2) is 8.72. The largest absolute Gasteiger partial charge is 0.488 e. The highest BCUT2D eigenvalue weighted by atomic mass is 35.5. The van der Waals surface area contributed by atoms with Crippen LogP contribution in [0, 0.1) is 0 Å². The molecule has 4 rings (SSSR count). The summed E-state index contributed by atoms with van der Waals surface area (Å²) in [5.74, 6) is 0.621. The lowest BCUT2D eigenvalue weighted by Crippen LogP contribution is -1.99. The maximum absolute atomic E-state index is 12.3. The number of pyridine rings is 1. The van der Waals surface area contributed by atoms with E-state index >= 15 is 0 Å². The van der Waals surface area contributed by atoms with Crippen molar-refractivity contribution in [2.75, 3.05) is 0 Å². The average molecular weight is 400 g/mol. The van der Waals surface area contributed by atoms with Crippen molar-refractivity contribution >= 4 is 34.4 Å². The Morgan fingerprint density at radius 3 is 2.52 bits per heavy atom. The molecular weight excluding hydrogens is 382 g/mol. The van der Waals surface area contributed by atoms with Crippen LogP contribution >= 0.6 is 11.6 Å². The fraction of sp³-hybridized carbons (Fsp3) is 0.0400. The Balaban J connectivity index is 1.52. The summed E-state index contributed by atoms with van der Waals surface area (Å²) < 4.78 is 6.00. The molecule has 1 heterocycles. The van der Waals surface area contributed by atoms with E-state index in [0.717, 1.165) is 22.0 Å². The third kappa shape index (κ3) is 4.53. The number of carbonyl (C=O) groups excluding carboxylic acids is 1. The van der Waals surface area contributed by atoms with Crippen LogP contribution in [0.15, 0.2) is 91.0 Å². The van der Waals surface area contributed by atoms with Gasteiger partial charge in [0.05, 0.1) is 5.52 Å². The van der Waals surface area contributed by atoms with Crippen molar-refractivity contribution in [3.8, 4) is 5.75 Å². The first kappa shape index (κ1) is 18.9. The normalized spacial score (nSPS) is 11.1. The van der Waals surface area contributed by atoms with Crippen LogP contribution in [0.25, 0.3) is 17.0 Å². The Labute approximate surface area is 174 Å². The Morgan fingerprint density at radius 1 is 0.931 bits per heavy atom. The lowest BCUT2D eigenvalue weighted by molar-refractivity contribution is 0.104. The predicted octanol–water partition coefficient (Wildman–Crippen LogP) is 6.36. The minimum absolute atomic E-state index is 0.0535. The standard InChI is InChI=1S/C25H18ClNO2/c26-25-21(16-20-11-4-6-12-22(20)27-25)17-29-24-13-7-5-10-19(24)14-15-23(28)18-8-2-1-3-9-18/h1-16H,17H2. The molecule has 0 aliphatic rings. The van der Waals surface area contributed by atoms with Gasteiger partial charge in [-0.15, -0.1) is 0 Å². The Hall–Kier alpha value is -3.43. The van der Waals surface area contributed by atoms with E-state index in [2.05, 4.69) is 4.98 Å². The number of hydrogen-bond donors (Lipinski definition) is 0. The van der Waals surface area contributed by atoms with Crippen molar-refractivity contribution in [2.45, 2.75) is 6.61 Å². The first-order valence-corrected chi connectivity index (χ1v) is 9.62. The molecule has 0 amide bonds. The summed E-state index contributed by atoms with van der Waals surface area (Å²) in [7, 11) is 0. The smallest absolute Gasteiger partial charge is 0.185 e. The molecule has 0 aliphatic heterocycles. The van der Waals surface area contributed by atoms with Crippen molar-refractivity contribution in [1.29, 1.82) is 0 Å². The maximum atomic E-state index is 12.3. The van der Waals surface area contributed by atoms with Crippen LogP contribution in [-0.2, 0) is 6.61 Å². The molecule has 1 aromatic heterocycles. The number of nitrogens with zero attached hydrogens (tertiary/aromatic N) is 1. The molecule has 29 heavy (non-hydrogen) atoms. The van der Waals surface area contributed by atoms with E-state index in [0.29, 0.717) is 16.5 Å². The second-order valence-electron chi connectivity index (χ2n) is 6.52. The second-order valence-corrected chi connectivity index (χ2v) is 6.88. The molecule has 0 saturated carbocycles. The molecule has 0 saturated heterocycles. The zero-order valence-electron chi connectivity index (χ0n) is 15.6. The van der Waals surface area contributed by atoms with E-state index in [4.69, 9.17) is 16.3 Å². The number of ether oxygens (including phenoxy) is 1. The molecule has 0 bridgehead atoms. The van der Waals surface area contributed by atoms with Gasteiger partial charge in [0.1, 0.15) is 17.5 Å². The molecule has 3 nitrogen and oxygen atoms in total. The summed E-state index contributed by atoms with van der Waals surface area (Å²) in [5.41, 5.74) is 3.13. The number of benzene rings is 3. The molecule has 4 heteroatoms. The van der Waals surface area contributed by atoms with Gasteiger partial charge in [-0.05, 0) is 30.4 Å². The molecule has 3 aromatic carbocycles. The molecule has 0 fully saturated rings. The van der Waals surface area contributed by atoms with Crippen molar-refractivity contribution in [3.05, 3.63) is 113 Å². The van der Waals surface area contributed by atoms with Gasteiger partial charge in [0, 0.05) is 22.1 Å². The molecule has 0 atom stereocenters. The van der Waals surface area contributed by atoms with E-state index in [9.17, 15) is 4.79 Å². The first-order valence-electron chi connectivity index (χ1n) is 9.24. The third-order valence-electron chi connectivity index (χ3n) is 4.52. The number of fused-ring (bicyclic) bond motifs is 1. The van der Waals surface area contributed by atoms with Gasteiger partial charge in [0.2, 0.25) is 0 Å². The molecule has 0 radical (unpaired) electrons. The van der Waals surface area contributed by atoms with Crippen molar-refractivity contribution < 1.29 is 9.53 Å². The quantitative estimate of drug-likeness (QED) is 0.215. The molecule has 142 valence electrons. The van der Waals surface area contributed by atoms with Crippen molar-refractivity contribution in [2.24, 2.45) is 0 Å². The molecule has 0 spiro atoms. The summed E-state index contributed by atoms with van der Waals surface area (Å²) in [4.78, 5) is 16.8. The van der Waals surface area contributed by atoms with E-state index in [1.54, 1.807) is 24.3 Å². The van der Waals surface area contributed by atoms with E-state index < -0.39 is 0 Å². The van der Waals surface area contributed by atoms with Crippen molar-refractivity contribution in [3.63, 3.8) is 0 Å². The molecule has 0 N–H and O–H groups in total. The van der Waals surface area contributed by atoms with Crippen LogP contribution in [0.5, 0.6) is 5.75 Å². The zero-order valence-corrected chi connectivity index (χ0v) is 16.3. The average Bonchev–Trinajstić information content (AvgIpc) is 2.77. The molecule has 0 unspecified atom stereocenters. The Morgan fingerprint density at radius 2 is 1.66 bits per heavy atom. The number of halogens is 1. The number of hydrogen-bond acceptors (Lipinski definition) is 3. The highest BCUT2D eigenvalue weighted by molar-refractivity contribution is 6.30. The van der Waals surface area contributed by atoms with Crippen LogP contribution < -0.4 is 4.74 Å². The molecule has 0 aliphatic carbocycles. The number of carbonyl (C=O) groups is 1. The van der Waals surface area contributed by atoms with Gasteiger partial charge in [0.15, 0.2) is 5.78 Å². The van der Waals surface area contributed by atoms with Gasteiger partial charge in [-0.3, -0.25) is 4.79 Å². The zero-order chi connectivity index (χ0) is 20.1. The summed E-state index contributed by atoms with van der Waals surface area (Å²) >= 11 is 6.33. The fourth-order valence-corrected chi connectivity index (χ4v) is 3.21. The number of aromatic nitrogens is 1. The summed E-state index contributed by atoms with van der Waals surface area (Å²) in [6, 6.07) is 26.6.